The molecule has 0 heterocycles. The Morgan fingerprint density at radius 2 is 1.79 bits per heavy atom. The van der Waals surface area contributed by atoms with E-state index in [1.165, 1.54) is 13.0 Å². The topological polar surface area (TPSA) is 29.1 Å². The number of aryl methyl sites for hydroxylation is 1. The zero-order valence-electron chi connectivity index (χ0n) is 15.7. The molecule has 2 rings (SSSR count). The van der Waals surface area contributed by atoms with E-state index < -0.39 is 23.7 Å². The van der Waals surface area contributed by atoms with Crippen LogP contribution in [-0.2, 0) is 11.2 Å². The van der Waals surface area contributed by atoms with Gasteiger partial charge in [-0.2, -0.15) is 13.2 Å². The van der Waals surface area contributed by atoms with E-state index in [0.29, 0.717) is 22.6 Å². The maximum atomic E-state index is 14.1. The van der Waals surface area contributed by atoms with Crippen LogP contribution in [-0.4, -0.2) is 23.1 Å². The van der Waals surface area contributed by atoms with E-state index in [4.69, 9.17) is 0 Å². The van der Waals surface area contributed by atoms with Gasteiger partial charge >= 0.3 is 6.18 Å². The van der Waals surface area contributed by atoms with Crippen molar-refractivity contribution in [1.29, 1.82) is 0 Å². The predicted octanol–water partition coefficient (Wildman–Crippen LogP) is 6.47. The average molecular weight is 432 g/mol. The Labute approximate surface area is 170 Å². The van der Waals surface area contributed by atoms with Gasteiger partial charge in [-0.05, 0) is 42.3 Å². The van der Waals surface area contributed by atoms with Crippen molar-refractivity contribution in [1.82, 2.24) is 0 Å². The number of hydrogen-bond donors (Lipinski definition) is 1. The Hall–Kier alpha value is -1.67. The van der Waals surface area contributed by atoms with Crippen LogP contribution in [0.4, 0.5) is 23.2 Å². The lowest BCUT2D eigenvalue weighted by atomic mass is 10.1. The van der Waals surface area contributed by atoms with E-state index in [1.54, 1.807) is 11.8 Å². The Bertz CT molecular complexity index is 820. The van der Waals surface area contributed by atoms with Gasteiger partial charge in [0.1, 0.15) is 5.82 Å². The van der Waals surface area contributed by atoms with E-state index in [-0.39, 0.29) is 17.0 Å². The first-order chi connectivity index (χ1) is 13.0. The molecule has 2 nitrogen and oxygen atoms in total. The molecule has 0 unspecified atom stereocenters. The summed E-state index contributed by atoms with van der Waals surface area (Å²) >= 11 is 2.28. The number of rotatable bonds is 7. The molecule has 8 heteroatoms. The lowest BCUT2D eigenvalue weighted by Gasteiger charge is -2.12. The van der Waals surface area contributed by atoms with Crippen LogP contribution in [0.2, 0.25) is 0 Å². The lowest BCUT2D eigenvalue weighted by Crippen LogP contribution is -2.16. The molecule has 0 bridgehead atoms. The fraction of sp³-hybridized carbons (Fsp3) is 0.350. The molecule has 2 aromatic rings. The third kappa shape index (κ3) is 7.39. The monoisotopic (exact) mass is 431 g/mol. The molecule has 0 fully saturated rings. The number of carbonyl (C=O) groups is 1. The molecule has 1 amide bonds. The minimum atomic E-state index is -4.32. The minimum absolute atomic E-state index is 0.0466. The zero-order chi connectivity index (χ0) is 20.9. The first-order valence-corrected chi connectivity index (χ1v) is 10.4. The van der Waals surface area contributed by atoms with Gasteiger partial charge in [0.05, 0.1) is 17.9 Å². The first kappa shape index (κ1) is 22.6. The molecular formula is C20H21F4NOS2. The van der Waals surface area contributed by atoms with E-state index >= 15 is 0 Å². The zero-order valence-corrected chi connectivity index (χ0v) is 17.3. The summed E-state index contributed by atoms with van der Waals surface area (Å²) in [6, 6.07) is 9.89. The van der Waals surface area contributed by atoms with Crippen LogP contribution in [0.1, 0.15) is 25.0 Å². The lowest BCUT2D eigenvalue weighted by molar-refractivity contribution is -0.115. The maximum Gasteiger partial charge on any atom is 0.398 e. The molecule has 1 N–H and O–H groups in total. The van der Waals surface area contributed by atoms with Crippen molar-refractivity contribution >= 4 is 35.1 Å². The van der Waals surface area contributed by atoms with Gasteiger partial charge in [-0.15, -0.1) is 23.5 Å². The number of alkyl halides is 3. The summed E-state index contributed by atoms with van der Waals surface area (Å²) in [5, 5.41) is 2.90. The van der Waals surface area contributed by atoms with Gasteiger partial charge in [0.15, 0.2) is 0 Å². The standard InChI is InChI=1S/C20H21F4NOS2/c1-12(2)28-15-6-4-14(5-7-15)9-19(26)25-17-10-18(13(3)8-16(17)21)27-11-20(22,23)24/h4-8,10,12H,9,11H2,1-3H3,(H,25,26). The van der Waals surface area contributed by atoms with Crippen molar-refractivity contribution in [2.24, 2.45) is 0 Å². The van der Waals surface area contributed by atoms with Crippen LogP contribution in [0.25, 0.3) is 0 Å². The second-order valence-electron chi connectivity index (χ2n) is 6.54. The van der Waals surface area contributed by atoms with Crippen molar-refractivity contribution in [2.45, 2.75) is 48.4 Å². The number of halogens is 4. The molecule has 0 aliphatic rings. The highest BCUT2D eigenvalue weighted by Crippen LogP contribution is 2.32. The molecule has 0 aromatic heterocycles. The van der Waals surface area contributed by atoms with Crippen LogP contribution in [0.15, 0.2) is 46.2 Å². The van der Waals surface area contributed by atoms with Gasteiger partial charge in [0.2, 0.25) is 5.91 Å². The van der Waals surface area contributed by atoms with Crippen LogP contribution in [0.5, 0.6) is 0 Å². The molecule has 0 saturated carbocycles. The molecule has 0 aliphatic heterocycles. The molecule has 152 valence electrons. The van der Waals surface area contributed by atoms with Gasteiger partial charge in [0, 0.05) is 15.0 Å². The quantitative estimate of drug-likeness (QED) is 0.402. The van der Waals surface area contributed by atoms with E-state index in [2.05, 4.69) is 19.2 Å². The van der Waals surface area contributed by atoms with Gasteiger partial charge in [-0.25, -0.2) is 4.39 Å². The van der Waals surface area contributed by atoms with Crippen molar-refractivity contribution in [3.63, 3.8) is 0 Å². The highest BCUT2D eigenvalue weighted by molar-refractivity contribution is 8.00. The Morgan fingerprint density at radius 3 is 2.36 bits per heavy atom. The molecule has 0 spiro atoms. The summed E-state index contributed by atoms with van der Waals surface area (Å²) in [5.41, 5.74) is 1.04. The number of amides is 1. The third-order valence-corrected chi connectivity index (χ3v) is 5.83. The Kier molecular flexibility index (Phi) is 7.83. The third-order valence-electron chi connectivity index (χ3n) is 3.59. The largest absolute Gasteiger partial charge is 0.398 e. The predicted molar refractivity (Wildman–Crippen MR) is 108 cm³/mol. The van der Waals surface area contributed by atoms with Crippen LogP contribution in [0, 0.1) is 12.7 Å². The molecule has 28 heavy (non-hydrogen) atoms. The van der Waals surface area contributed by atoms with E-state index in [9.17, 15) is 22.4 Å². The molecule has 0 aliphatic carbocycles. The summed E-state index contributed by atoms with van der Waals surface area (Å²) in [4.78, 5) is 13.6. The smallest absolute Gasteiger partial charge is 0.323 e. The highest BCUT2D eigenvalue weighted by atomic mass is 32.2. The van der Waals surface area contributed by atoms with Crippen molar-refractivity contribution in [3.05, 3.63) is 53.3 Å². The first-order valence-electron chi connectivity index (χ1n) is 8.58. The summed E-state index contributed by atoms with van der Waals surface area (Å²) < 4.78 is 51.4. The number of nitrogens with one attached hydrogen (secondary N) is 1. The fourth-order valence-electron chi connectivity index (χ4n) is 2.40. The van der Waals surface area contributed by atoms with E-state index in [0.717, 1.165) is 16.5 Å². The number of thioether (sulfide) groups is 2. The molecule has 0 radical (unpaired) electrons. The summed E-state index contributed by atoms with van der Waals surface area (Å²) in [6.07, 6.45) is -4.28. The SMILES string of the molecule is Cc1cc(F)c(NC(=O)Cc2ccc(SC(C)C)cc2)cc1SCC(F)(F)F. The molecule has 0 saturated heterocycles. The second kappa shape index (κ2) is 9.69. The van der Waals surface area contributed by atoms with E-state index in [1.807, 2.05) is 24.3 Å². The van der Waals surface area contributed by atoms with Gasteiger partial charge in [0.25, 0.3) is 0 Å². The summed E-state index contributed by atoms with van der Waals surface area (Å²) in [6.45, 7) is 5.71. The summed E-state index contributed by atoms with van der Waals surface area (Å²) in [5.74, 6) is -2.18. The average Bonchev–Trinajstić information content (AvgIpc) is 2.56. The van der Waals surface area contributed by atoms with Gasteiger partial charge in [-0.1, -0.05) is 26.0 Å². The fourth-order valence-corrected chi connectivity index (χ4v) is 4.05. The number of benzene rings is 2. The van der Waals surface area contributed by atoms with Crippen LogP contribution >= 0.6 is 23.5 Å². The van der Waals surface area contributed by atoms with Crippen molar-refractivity contribution in [3.8, 4) is 0 Å². The Morgan fingerprint density at radius 1 is 1.14 bits per heavy atom. The number of anilines is 1. The molecular weight excluding hydrogens is 410 g/mol. The Balaban J connectivity index is 2.04. The van der Waals surface area contributed by atoms with Crippen molar-refractivity contribution in [2.75, 3.05) is 11.1 Å². The van der Waals surface area contributed by atoms with Gasteiger partial charge in [-0.3, -0.25) is 4.79 Å². The number of carbonyl (C=O) groups excluding carboxylic acids is 1. The molecule has 0 atom stereocenters. The molecule has 2 aromatic carbocycles. The normalized spacial score (nSPS) is 11.7. The number of hydrogen-bond acceptors (Lipinski definition) is 3. The van der Waals surface area contributed by atoms with Crippen LogP contribution < -0.4 is 5.32 Å². The second-order valence-corrected chi connectivity index (χ2v) is 9.20. The van der Waals surface area contributed by atoms with Crippen LogP contribution in [0.3, 0.4) is 0 Å². The summed E-state index contributed by atoms with van der Waals surface area (Å²) in [7, 11) is 0. The maximum absolute atomic E-state index is 14.1. The van der Waals surface area contributed by atoms with Gasteiger partial charge < -0.3 is 5.32 Å². The minimum Gasteiger partial charge on any atom is -0.323 e. The highest BCUT2D eigenvalue weighted by Gasteiger charge is 2.27. The van der Waals surface area contributed by atoms with Crippen molar-refractivity contribution < 1.29 is 22.4 Å².